The van der Waals surface area contributed by atoms with Gasteiger partial charge in [0.05, 0.1) is 13.2 Å². The molecule has 6 unspecified atom stereocenters. The van der Waals surface area contributed by atoms with Crippen LogP contribution in [0.25, 0.3) is 0 Å². The average Bonchev–Trinajstić information content (AvgIpc) is 3.15. The van der Waals surface area contributed by atoms with Gasteiger partial charge >= 0.3 is 11.9 Å². The molecular formula is C43H78O10. The molecule has 0 radical (unpaired) electrons. The van der Waals surface area contributed by atoms with Crippen molar-refractivity contribution in [2.45, 2.75) is 218 Å². The number of unbranched alkanes of at least 4 members (excludes halogenated alkanes) is 20. The van der Waals surface area contributed by atoms with Gasteiger partial charge in [0, 0.05) is 12.8 Å². The summed E-state index contributed by atoms with van der Waals surface area (Å²) in [6, 6.07) is 0. The van der Waals surface area contributed by atoms with Gasteiger partial charge in [-0.05, 0) is 64.2 Å². The van der Waals surface area contributed by atoms with Crippen LogP contribution < -0.4 is 0 Å². The molecule has 1 fully saturated rings. The van der Waals surface area contributed by atoms with E-state index >= 15 is 0 Å². The van der Waals surface area contributed by atoms with Crippen LogP contribution in [0.5, 0.6) is 0 Å². The molecule has 53 heavy (non-hydrogen) atoms. The summed E-state index contributed by atoms with van der Waals surface area (Å²) in [6.45, 7) is 3.38. The zero-order valence-corrected chi connectivity index (χ0v) is 33.5. The Morgan fingerprint density at radius 2 is 1.00 bits per heavy atom. The van der Waals surface area contributed by atoms with Gasteiger partial charge in [-0.1, -0.05) is 128 Å². The van der Waals surface area contributed by atoms with Crippen molar-refractivity contribution in [2.24, 2.45) is 0 Å². The third kappa shape index (κ3) is 26.6. The van der Waals surface area contributed by atoms with Crippen molar-refractivity contribution >= 4 is 11.9 Å². The summed E-state index contributed by atoms with van der Waals surface area (Å²) < 4.78 is 22.1. The Labute approximate surface area is 322 Å². The molecule has 0 saturated carbocycles. The molecule has 1 saturated heterocycles. The van der Waals surface area contributed by atoms with Crippen molar-refractivity contribution in [1.82, 2.24) is 0 Å². The molecule has 0 aromatic rings. The number of carbonyl (C=O) groups excluding carboxylic acids is 2. The van der Waals surface area contributed by atoms with Gasteiger partial charge in [0.15, 0.2) is 12.4 Å². The quantitative estimate of drug-likeness (QED) is 0.0281. The van der Waals surface area contributed by atoms with Crippen LogP contribution in [0.4, 0.5) is 0 Å². The maximum atomic E-state index is 12.7. The van der Waals surface area contributed by atoms with Crippen molar-refractivity contribution < 1.29 is 49.0 Å². The average molecular weight is 755 g/mol. The second-order valence-corrected chi connectivity index (χ2v) is 14.8. The fourth-order valence-electron chi connectivity index (χ4n) is 6.35. The lowest BCUT2D eigenvalue weighted by atomic mass is 9.99. The van der Waals surface area contributed by atoms with Gasteiger partial charge in [-0.15, -0.1) is 0 Å². The summed E-state index contributed by atoms with van der Waals surface area (Å²) in [6.07, 6.45) is 28.9. The highest BCUT2D eigenvalue weighted by molar-refractivity contribution is 5.70. The van der Waals surface area contributed by atoms with Crippen LogP contribution in [-0.2, 0) is 28.5 Å². The van der Waals surface area contributed by atoms with Crippen LogP contribution in [0, 0.1) is 0 Å². The molecule has 0 amide bonds. The number of aliphatic hydroxyl groups is 4. The molecule has 4 N–H and O–H groups in total. The molecule has 0 bridgehead atoms. The Morgan fingerprint density at radius 3 is 1.47 bits per heavy atom. The minimum atomic E-state index is -1.59. The van der Waals surface area contributed by atoms with E-state index in [4.69, 9.17) is 18.9 Å². The summed E-state index contributed by atoms with van der Waals surface area (Å²) in [7, 11) is 0. The van der Waals surface area contributed by atoms with E-state index in [1.165, 1.54) is 70.6 Å². The molecule has 0 spiro atoms. The Morgan fingerprint density at radius 1 is 0.566 bits per heavy atom. The predicted octanol–water partition coefficient (Wildman–Crippen LogP) is 8.55. The summed E-state index contributed by atoms with van der Waals surface area (Å²) in [5.74, 6) is -0.824. The van der Waals surface area contributed by atoms with Crippen molar-refractivity contribution in [1.29, 1.82) is 0 Å². The van der Waals surface area contributed by atoms with Crippen molar-refractivity contribution in [3.8, 4) is 0 Å². The van der Waals surface area contributed by atoms with Gasteiger partial charge in [-0.25, -0.2) is 0 Å². The monoisotopic (exact) mass is 755 g/mol. The summed E-state index contributed by atoms with van der Waals surface area (Å²) >= 11 is 0. The Kier molecular flexibility index (Phi) is 32.2. The second kappa shape index (κ2) is 34.7. The summed E-state index contributed by atoms with van der Waals surface area (Å²) in [4.78, 5) is 25.2. The third-order valence-corrected chi connectivity index (χ3v) is 9.81. The van der Waals surface area contributed by atoms with E-state index in [0.717, 1.165) is 70.6 Å². The van der Waals surface area contributed by atoms with E-state index in [-0.39, 0.29) is 32.0 Å². The van der Waals surface area contributed by atoms with E-state index in [0.29, 0.717) is 12.8 Å². The molecule has 1 aliphatic heterocycles. The maximum absolute atomic E-state index is 12.7. The Bertz CT molecular complexity index is 923. The van der Waals surface area contributed by atoms with Gasteiger partial charge in [-0.3, -0.25) is 9.59 Å². The SMILES string of the molecule is CCCCCCC/C=C\CCCCCCCC(=O)OCC(COC1OC(CO)C(O)C(O)C1O)OC(=O)CCCCCCC/C=C\CCCCCCC. The lowest BCUT2D eigenvalue weighted by molar-refractivity contribution is -0.305. The number of esters is 2. The van der Waals surface area contributed by atoms with Gasteiger partial charge in [0.25, 0.3) is 0 Å². The first-order valence-corrected chi connectivity index (χ1v) is 21.4. The topological polar surface area (TPSA) is 152 Å². The van der Waals surface area contributed by atoms with Crippen LogP contribution in [-0.4, -0.2) is 89.0 Å². The van der Waals surface area contributed by atoms with E-state index in [1.54, 1.807) is 0 Å². The molecule has 0 aliphatic carbocycles. The zero-order valence-electron chi connectivity index (χ0n) is 33.5. The number of aliphatic hydroxyl groups excluding tert-OH is 4. The fraction of sp³-hybridized carbons (Fsp3) is 0.860. The second-order valence-electron chi connectivity index (χ2n) is 14.8. The third-order valence-electron chi connectivity index (χ3n) is 9.81. The molecule has 0 aromatic heterocycles. The normalized spacial score (nSPS) is 21.1. The predicted molar refractivity (Wildman–Crippen MR) is 210 cm³/mol. The molecule has 1 aliphatic rings. The van der Waals surface area contributed by atoms with Gasteiger partial charge in [-0.2, -0.15) is 0 Å². The first-order chi connectivity index (χ1) is 25.8. The van der Waals surface area contributed by atoms with Crippen LogP contribution in [0.15, 0.2) is 24.3 Å². The smallest absolute Gasteiger partial charge is 0.306 e. The van der Waals surface area contributed by atoms with Crippen LogP contribution >= 0.6 is 0 Å². The highest BCUT2D eigenvalue weighted by atomic mass is 16.7. The number of carbonyl (C=O) groups is 2. The van der Waals surface area contributed by atoms with Crippen LogP contribution in [0.2, 0.25) is 0 Å². The van der Waals surface area contributed by atoms with Crippen molar-refractivity contribution in [3.63, 3.8) is 0 Å². The highest BCUT2D eigenvalue weighted by Crippen LogP contribution is 2.22. The Hall–Kier alpha value is -1.82. The molecule has 1 rings (SSSR count). The fourth-order valence-corrected chi connectivity index (χ4v) is 6.35. The number of ether oxygens (including phenoxy) is 4. The standard InChI is InChI=1S/C43H78O10/c1-3-5-7-9-11-13-15-17-19-21-23-25-27-29-31-38(45)50-34-36(35-51-43-42(49)41(48)40(47)37(33-44)53-43)52-39(46)32-30-28-26-24-22-20-18-16-14-12-10-8-6-4-2/h15-18,36-37,40-44,47-49H,3-14,19-35H2,1-2H3/b17-15-,18-16-. The number of hydrogen-bond donors (Lipinski definition) is 4. The Balaban J connectivity index is 2.37. The molecule has 10 nitrogen and oxygen atoms in total. The lowest BCUT2D eigenvalue weighted by Gasteiger charge is -2.39. The molecular weight excluding hydrogens is 676 g/mol. The highest BCUT2D eigenvalue weighted by Gasteiger charge is 2.44. The molecule has 10 heteroatoms. The zero-order chi connectivity index (χ0) is 38.8. The number of hydrogen-bond acceptors (Lipinski definition) is 10. The number of rotatable bonds is 35. The molecule has 310 valence electrons. The summed E-state index contributed by atoms with van der Waals surface area (Å²) in [5, 5.41) is 40.0. The molecule has 0 aromatic carbocycles. The minimum absolute atomic E-state index is 0.220. The first-order valence-electron chi connectivity index (χ1n) is 21.4. The van der Waals surface area contributed by atoms with Gasteiger partial charge < -0.3 is 39.4 Å². The summed E-state index contributed by atoms with van der Waals surface area (Å²) in [5.41, 5.74) is 0. The molecule has 1 heterocycles. The van der Waals surface area contributed by atoms with Gasteiger partial charge in [0.1, 0.15) is 31.0 Å². The van der Waals surface area contributed by atoms with E-state index in [9.17, 15) is 30.0 Å². The van der Waals surface area contributed by atoms with E-state index < -0.39 is 49.4 Å². The minimum Gasteiger partial charge on any atom is -0.462 e. The van der Waals surface area contributed by atoms with Crippen LogP contribution in [0.3, 0.4) is 0 Å². The van der Waals surface area contributed by atoms with E-state index in [1.807, 2.05) is 0 Å². The van der Waals surface area contributed by atoms with Crippen LogP contribution in [0.1, 0.15) is 181 Å². The lowest BCUT2D eigenvalue weighted by Crippen LogP contribution is -2.59. The van der Waals surface area contributed by atoms with E-state index in [2.05, 4.69) is 38.2 Å². The van der Waals surface area contributed by atoms with Crippen molar-refractivity contribution in [3.05, 3.63) is 24.3 Å². The largest absolute Gasteiger partial charge is 0.462 e. The van der Waals surface area contributed by atoms with Gasteiger partial charge in [0.2, 0.25) is 0 Å². The van der Waals surface area contributed by atoms with Crippen molar-refractivity contribution in [2.75, 3.05) is 19.8 Å². The first kappa shape index (κ1) is 49.2. The maximum Gasteiger partial charge on any atom is 0.306 e. The molecule has 6 atom stereocenters. The number of allylic oxidation sites excluding steroid dienone is 4.